The maximum absolute atomic E-state index is 13.2. The van der Waals surface area contributed by atoms with Gasteiger partial charge in [-0.2, -0.15) is 0 Å². The summed E-state index contributed by atoms with van der Waals surface area (Å²) in [5, 5.41) is 13.3. The second kappa shape index (κ2) is 6.87. The summed E-state index contributed by atoms with van der Waals surface area (Å²) in [6.45, 7) is 9.15. The number of rotatable bonds is 7. The van der Waals surface area contributed by atoms with E-state index in [1.807, 2.05) is 20.8 Å². The molecule has 0 spiro atoms. The van der Waals surface area contributed by atoms with E-state index in [1.165, 1.54) is 12.1 Å². The Kier molecular flexibility index (Phi) is 5.76. The fourth-order valence-electron chi connectivity index (χ4n) is 1.48. The molecule has 1 rings (SSSR count). The molecule has 1 unspecified atom stereocenters. The molecule has 0 radical (unpaired) electrons. The van der Waals surface area contributed by atoms with Gasteiger partial charge >= 0.3 is 0 Å². The Morgan fingerprint density at radius 2 is 2.11 bits per heavy atom. The third-order valence-electron chi connectivity index (χ3n) is 3.35. The van der Waals surface area contributed by atoms with Gasteiger partial charge in [-0.3, -0.25) is 0 Å². The molecular weight excluding hydrogens is 245 g/mol. The van der Waals surface area contributed by atoms with Crippen molar-refractivity contribution in [3.05, 3.63) is 29.6 Å². The predicted octanol–water partition coefficient (Wildman–Crippen LogP) is 2.72. The van der Waals surface area contributed by atoms with Crippen molar-refractivity contribution in [3.8, 4) is 5.75 Å². The normalized spacial score (nSPS) is 14.5. The van der Waals surface area contributed by atoms with Gasteiger partial charge in [-0.1, -0.05) is 20.8 Å². The highest BCUT2D eigenvalue weighted by atomic mass is 19.1. The maximum Gasteiger partial charge on any atom is 0.124 e. The van der Waals surface area contributed by atoms with Crippen molar-refractivity contribution in [2.24, 2.45) is 5.92 Å². The van der Waals surface area contributed by atoms with Crippen molar-refractivity contribution in [1.82, 2.24) is 5.32 Å². The number of ether oxygens (including phenoxy) is 1. The second-order valence-electron chi connectivity index (χ2n) is 5.33. The summed E-state index contributed by atoms with van der Waals surface area (Å²) in [6.07, 6.45) is 0. The van der Waals surface area contributed by atoms with Gasteiger partial charge in [0.2, 0.25) is 0 Å². The van der Waals surface area contributed by atoms with Crippen LogP contribution >= 0.6 is 0 Å². The number of aliphatic hydroxyl groups is 1. The van der Waals surface area contributed by atoms with Crippen molar-refractivity contribution < 1.29 is 14.2 Å². The fraction of sp³-hybridized carbons (Fsp3) is 0.600. The molecule has 0 aliphatic heterocycles. The van der Waals surface area contributed by atoms with Gasteiger partial charge in [0.25, 0.3) is 0 Å². The molecule has 4 heteroatoms. The lowest BCUT2D eigenvalue weighted by Crippen LogP contribution is -2.38. The Labute approximate surface area is 114 Å². The molecule has 1 aromatic carbocycles. The van der Waals surface area contributed by atoms with Crippen molar-refractivity contribution >= 4 is 0 Å². The van der Waals surface area contributed by atoms with Crippen LogP contribution in [0.2, 0.25) is 0 Å². The number of hydrogen-bond acceptors (Lipinski definition) is 3. The quantitative estimate of drug-likeness (QED) is 0.799. The molecule has 0 fully saturated rings. The minimum Gasteiger partial charge on any atom is -0.490 e. The zero-order chi connectivity index (χ0) is 14.5. The van der Waals surface area contributed by atoms with Crippen LogP contribution in [0.1, 0.15) is 33.3 Å². The molecule has 0 heterocycles. The summed E-state index contributed by atoms with van der Waals surface area (Å²) in [7, 11) is 0. The van der Waals surface area contributed by atoms with Crippen molar-refractivity contribution in [2.75, 3.05) is 13.2 Å². The second-order valence-corrected chi connectivity index (χ2v) is 5.33. The average Bonchev–Trinajstić information content (AvgIpc) is 2.35. The van der Waals surface area contributed by atoms with Crippen LogP contribution in [0.4, 0.5) is 4.39 Å². The van der Waals surface area contributed by atoms with Gasteiger partial charge in [0.1, 0.15) is 18.2 Å². The lowest BCUT2D eigenvalue weighted by molar-refractivity contribution is -0.0269. The molecular formula is C15H24FNO2. The Morgan fingerprint density at radius 3 is 2.68 bits per heavy atom. The van der Waals surface area contributed by atoms with Crippen LogP contribution in [0.3, 0.4) is 0 Å². The molecule has 2 N–H and O–H groups in total. The molecule has 0 amide bonds. The van der Waals surface area contributed by atoms with Gasteiger partial charge in [-0.15, -0.1) is 0 Å². The number of nitrogens with one attached hydrogen (secondary N) is 1. The number of benzene rings is 1. The molecule has 0 bridgehead atoms. The average molecular weight is 269 g/mol. The van der Waals surface area contributed by atoms with Gasteiger partial charge < -0.3 is 15.2 Å². The lowest BCUT2D eigenvalue weighted by atomic mass is 9.94. The van der Waals surface area contributed by atoms with Gasteiger partial charge in [0.05, 0.1) is 5.60 Å². The van der Waals surface area contributed by atoms with E-state index in [2.05, 4.69) is 5.32 Å². The molecule has 1 aromatic rings. The molecule has 0 aliphatic carbocycles. The van der Waals surface area contributed by atoms with Gasteiger partial charge in [-0.25, -0.2) is 4.39 Å². The fourth-order valence-corrected chi connectivity index (χ4v) is 1.48. The van der Waals surface area contributed by atoms with E-state index in [-0.39, 0.29) is 18.3 Å². The number of hydrogen-bond donors (Lipinski definition) is 2. The topological polar surface area (TPSA) is 41.5 Å². The Morgan fingerprint density at radius 1 is 1.42 bits per heavy atom. The van der Waals surface area contributed by atoms with Crippen LogP contribution < -0.4 is 10.1 Å². The summed E-state index contributed by atoms with van der Waals surface area (Å²) >= 11 is 0. The van der Waals surface area contributed by atoms with Crippen LogP contribution in [0.15, 0.2) is 18.2 Å². The van der Waals surface area contributed by atoms with Crippen LogP contribution in [0.5, 0.6) is 5.75 Å². The Balaban J connectivity index is 2.77. The highest BCUT2D eigenvalue weighted by Crippen LogP contribution is 2.23. The molecule has 0 saturated carbocycles. The van der Waals surface area contributed by atoms with E-state index < -0.39 is 5.60 Å². The summed E-state index contributed by atoms with van der Waals surface area (Å²) in [4.78, 5) is 0. The van der Waals surface area contributed by atoms with Gasteiger partial charge in [0.15, 0.2) is 0 Å². The smallest absolute Gasteiger partial charge is 0.124 e. The molecule has 3 nitrogen and oxygen atoms in total. The van der Waals surface area contributed by atoms with E-state index in [0.29, 0.717) is 12.3 Å². The SMILES string of the molecule is CCNCc1cc(F)ccc1OCC(C)(O)C(C)C. The summed E-state index contributed by atoms with van der Waals surface area (Å²) in [5.74, 6) is 0.421. The molecule has 0 saturated heterocycles. The van der Waals surface area contributed by atoms with Crippen LogP contribution in [0, 0.1) is 11.7 Å². The minimum atomic E-state index is -0.899. The molecule has 19 heavy (non-hydrogen) atoms. The standard InChI is InChI=1S/C15H24FNO2/c1-5-17-9-12-8-13(16)6-7-14(12)19-10-15(4,18)11(2)3/h6-8,11,17-18H,5,9-10H2,1-4H3. The predicted molar refractivity (Wildman–Crippen MR) is 74.7 cm³/mol. The van der Waals surface area contributed by atoms with E-state index in [9.17, 15) is 9.50 Å². The monoisotopic (exact) mass is 269 g/mol. The third-order valence-corrected chi connectivity index (χ3v) is 3.35. The molecule has 0 aliphatic rings. The van der Waals surface area contributed by atoms with E-state index in [0.717, 1.165) is 12.1 Å². The lowest BCUT2D eigenvalue weighted by Gasteiger charge is -2.28. The zero-order valence-corrected chi connectivity index (χ0v) is 12.2. The Hall–Kier alpha value is -1.13. The number of halogens is 1. The molecule has 0 aromatic heterocycles. The van der Waals surface area contributed by atoms with Crippen molar-refractivity contribution in [3.63, 3.8) is 0 Å². The van der Waals surface area contributed by atoms with Crippen molar-refractivity contribution in [2.45, 2.75) is 39.8 Å². The van der Waals surface area contributed by atoms with Crippen LogP contribution in [-0.4, -0.2) is 23.9 Å². The highest BCUT2D eigenvalue weighted by Gasteiger charge is 2.26. The van der Waals surface area contributed by atoms with Gasteiger partial charge in [0, 0.05) is 12.1 Å². The van der Waals surface area contributed by atoms with Crippen molar-refractivity contribution in [1.29, 1.82) is 0 Å². The first-order chi connectivity index (χ1) is 8.86. The first-order valence-electron chi connectivity index (χ1n) is 6.71. The zero-order valence-electron chi connectivity index (χ0n) is 12.2. The van der Waals surface area contributed by atoms with E-state index >= 15 is 0 Å². The van der Waals surface area contributed by atoms with Crippen LogP contribution in [0.25, 0.3) is 0 Å². The summed E-state index contributed by atoms with van der Waals surface area (Å²) < 4.78 is 18.9. The summed E-state index contributed by atoms with van der Waals surface area (Å²) in [5.41, 5.74) is -0.134. The van der Waals surface area contributed by atoms with E-state index in [1.54, 1.807) is 13.0 Å². The maximum atomic E-state index is 13.2. The van der Waals surface area contributed by atoms with Gasteiger partial charge in [-0.05, 0) is 37.6 Å². The molecule has 1 atom stereocenters. The minimum absolute atomic E-state index is 0.0881. The van der Waals surface area contributed by atoms with Crippen LogP contribution in [-0.2, 0) is 6.54 Å². The molecule has 108 valence electrons. The Bertz CT molecular complexity index is 405. The first kappa shape index (κ1) is 15.9. The first-order valence-corrected chi connectivity index (χ1v) is 6.71. The van der Waals surface area contributed by atoms with E-state index in [4.69, 9.17) is 4.74 Å². The summed E-state index contributed by atoms with van der Waals surface area (Å²) in [6, 6.07) is 4.44. The third kappa shape index (κ3) is 4.80. The highest BCUT2D eigenvalue weighted by molar-refractivity contribution is 5.34. The largest absolute Gasteiger partial charge is 0.490 e.